The van der Waals surface area contributed by atoms with Crippen molar-refractivity contribution in [3.05, 3.63) is 89.3 Å². The van der Waals surface area contributed by atoms with Crippen LogP contribution in [0.1, 0.15) is 21.6 Å². The van der Waals surface area contributed by atoms with E-state index >= 15 is 0 Å². The van der Waals surface area contributed by atoms with Gasteiger partial charge in [0.2, 0.25) is 0 Å². The van der Waals surface area contributed by atoms with E-state index in [0.717, 1.165) is 4.90 Å². The Balaban J connectivity index is 1.73. The van der Waals surface area contributed by atoms with Gasteiger partial charge in [-0.3, -0.25) is 14.9 Å². The number of carboxylic acid groups (broad SMARTS) is 1. The molecule has 0 radical (unpaired) electrons. The number of imide groups is 2. The van der Waals surface area contributed by atoms with Crippen molar-refractivity contribution in [3.8, 4) is 5.69 Å². The topological polar surface area (TPSA) is 112 Å². The van der Waals surface area contributed by atoms with Crippen molar-refractivity contribution in [1.82, 2.24) is 9.88 Å². The smallest absolute Gasteiger partial charge is 0.335 e. The summed E-state index contributed by atoms with van der Waals surface area (Å²) in [5, 5.41) is 13.2. The van der Waals surface area contributed by atoms with E-state index in [1.165, 1.54) is 18.2 Å². The van der Waals surface area contributed by atoms with Gasteiger partial charge in [-0.1, -0.05) is 30.3 Å². The maximum absolute atomic E-state index is 13.1. The lowest BCUT2D eigenvalue weighted by Crippen LogP contribution is -2.54. The zero-order chi connectivity index (χ0) is 22.1. The number of hydrogen-bond donors (Lipinski definition) is 1. The van der Waals surface area contributed by atoms with Gasteiger partial charge in [0.1, 0.15) is 5.57 Å². The molecule has 1 saturated heterocycles. The van der Waals surface area contributed by atoms with Crippen molar-refractivity contribution in [1.29, 1.82) is 0 Å². The van der Waals surface area contributed by atoms with Crippen molar-refractivity contribution in [2.45, 2.75) is 6.92 Å². The second kappa shape index (κ2) is 7.75. The van der Waals surface area contributed by atoms with Gasteiger partial charge in [0.25, 0.3) is 11.8 Å². The molecule has 0 saturated carbocycles. The van der Waals surface area contributed by atoms with Gasteiger partial charge in [-0.05, 0) is 54.5 Å². The summed E-state index contributed by atoms with van der Waals surface area (Å²) < 4.78 is 1.68. The number of carboxylic acids is 1. The van der Waals surface area contributed by atoms with Gasteiger partial charge in [0.05, 0.1) is 11.7 Å². The largest absolute Gasteiger partial charge is 0.545 e. The third-order valence-electron chi connectivity index (χ3n) is 4.91. The van der Waals surface area contributed by atoms with Crippen LogP contribution in [0.25, 0.3) is 11.8 Å². The highest BCUT2D eigenvalue weighted by atomic mass is 16.4. The van der Waals surface area contributed by atoms with E-state index in [1.807, 2.05) is 0 Å². The summed E-state index contributed by atoms with van der Waals surface area (Å²) in [7, 11) is 0. The summed E-state index contributed by atoms with van der Waals surface area (Å²) in [6.45, 7) is 1.76. The van der Waals surface area contributed by atoms with Gasteiger partial charge < -0.3 is 14.5 Å². The first-order chi connectivity index (χ1) is 14.9. The van der Waals surface area contributed by atoms with Gasteiger partial charge in [-0.2, -0.15) is 0 Å². The lowest BCUT2D eigenvalue weighted by molar-refractivity contribution is -0.255. The lowest BCUT2D eigenvalue weighted by Gasteiger charge is -2.27. The first-order valence-electron chi connectivity index (χ1n) is 9.33. The number of nitrogens with zero attached hydrogens (tertiary/aromatic N) is 2. The van der Waals surface area contributed by atoms with E-state index in [1.54, 1.807) is 66.2 Å². The number of aryl methyl sites for hydroxylation is 1. The molecule has 2 aromatic carbocycles. The summed E-state index contributed by atoms with van der Waals surface area (Å²) in [5.41, 5.74) is 2.04. The molecule has 0 unspecified atom stereocenters. The van der Waals surface area contributed by atoms with Gasteiger partial charge in [0, 0.05) is 17.6 Å². The summed E-state index contributed by atoms with van der Waals surface area (Å²) in [6, 6.07) is 15.4. The number of aromatic nitrogens is 1. The Morgan fingerprint density at radius 3 is 2.35 bits per heavy atom. The predicted octanol–water partition coefficient (Wildman–Crippen LogP) is 1.82. The Labute approximate surface area is 177 Å². The van der Waals surface area contributed by atoms with E-state index in [9.17, 15) is 24.3 Å². The predicted molar refractivity (Wildman–Crippen MR) is 110 cm³/mol. The number of benzene rings is 2. The maximum atomic E-state index is 13.1. The fraction of sp³-hybridized carbons (Fsp3) is 0.0435. The van der Waals surface area contributed by atoms with Crippen molar-refractivity contribution in [2.24, 2.45) is 0 Å². The highest BCUT2D eigenvalue weighted by molar-refractivity contribution is 6.39. The number of amides is 4. The molecule has 3 aromatic rings. The van der Waals surface area contributed by atoms with Crippen LogP contribution in [0.2, 0.25) is 0 Å². The van der Waals surface area contributed by atoms with E-state index in [2.05, 4.69) is 5.32 Å². The van der Waals surface area contributed by atoms with Crippen molar-refractivity contribution in [2.75, 3.05) is 4.90 Å². The molecule has 0 atom stereocenters. The highest BCUT2D eigenvalue weighted by Gasteiger charge is 2.37. The lowest BCUT2D eigenvalue weighted by atomic mass is 10.1. The molecule has 31 heavy (non-hydrogen) atoms. The van der Waals surface area contributed by atoms with Crippen molar-refractivity contribution in [3.63, 3.8) is 0 Å². The molecule has 0 bridgehead atoms. The van der Waals surface area contributed by atoms with E-state index in [-0.39, 0.29) is 11.1 Å². The van der Waals surface area contributed by atoms with Crippen LogP contribution in [-0.4, -0.2) is 28.4 Å². The van der Waals surface area contributed by atoms with Crippen LogP contribution in [0, 0.1) is 6.92 Å². The van der Waals surface area contributed by atoms with Gasteiger partial charge in [-0.15, -0.1) is 0 Å². The number of barbiturate groups is 1. The molecule has 1 aliphatic heterocycles. The van der Waals surface area contributed by atoms with Crippen molar-refractivity contribution >= 4 is 35.6 Å². The van der Waals surface area contributed by atoms with E-state index in [0.29, 0.717) is 22.6 Å². The maximum Gasteiger partial charge on any atom is 0.335 e. The Kier molecular flexibility index (Phi) is 4.96. The number of carbonyl (C=O) groups is 4. The molecule has 2 heterocycles. The Morgan fingerprint density at radius 2 is 1.68 bits per heavy atom. The number of aromatic carboxylic acids is 1. The van der Waals surface area contributed by atoms with E-state index < -0.39 is 23.8 Å². The van der Waals surface area contributed by atoms with Crippen LogP contribution in [0.15, 0.2) is 72.4 Å². The summed E-state index contributed by atoms with van der Waals surface area (Å²) in [5.74, 6) is -2.81. The number of para-hydroxylation sites is 1. The molecule has 1 fully saturated rings. The number of hydrogen-bond acceptors (Lipinski definition) is 5. The molecule has 8 nitrogen and oxygen atoms in total. The first kappa shape index (κ1) is 19.8. The molecule has 4 amide bonds. The minimum atomic E-state index is -1.29. The zero-order valence-electron chi connectivity index (χ0n) is 16.4. The number of rotatable bonds is 4. The number of nitrogens with one attached hydrogen (secondary N) is 1. The Hall–Kier alpha value is -4.46. The molecule has 0 aliphatic carbocycles. The van der Waals surface area contributed by atoms with Crippen LogP contribution in [0.4, 0.5) is 10.5 Å². The number of urea groups is 1. The molecule has 0 spiro atoms. The highest BCUT2D eigenvalue weighted by Crippen LogP contribution is 2.25. The number of carbonyl (C=O) groups excluding carboxylic acids is 4. The minimum Gasteiger partial charge on any atom is -0.545 e. The average molecular weight is 414 g/mol. The van der Waals surface area contributed by atoms with Crippen LogP contribution >= 0.6 is 0 Å². The molecular weight excluding hydrogens is 398 g/mol. The van der Waals surface area contributed by atoms with Crippen LogP contribution in [0.5, 0.6) is 0 Å². The molecule has 1 N–H and O–H groups in total. The third-order valence-corrected chi connectivity index (χ3v) is 4.91. The molecule has 154 valence electrons. The molecule has 4 rings (SSSR count). The molecular formula is C23H16N3O5-. The van der Waals surface area contributed by atoms with E-state index in [4.69, 9.17) is 0 Å². The standard InChI is InChI=1S/C23H17N3O5/c1-14-5-2-3-7-19(14)26-21(28)18(20(27)24-23(26)31)13-17-6-4-12-25(17)16-10-8-15(9-11-16)22(29)30/h2-13H,1H3,(H,29,30)(H,24,27,31)/p-1/b18-13+. The number of anilines is 1. The quantitative estimate of drug-likeness (QED) is 0.517. The van der Waals surface area contributed by atoms with Gasteiger partial charge >= 0.3 is 6.03 Å². The van der Waals surface area contributed by atoms with Crippen LogP contribution in [-0.2, 0) is 9.59 Å². The fourth-order valence-corrected chi connectivity index (χ4v) is 3.34. The summed E-state index contributed by atoms with van der Waals surface area (Å²) >= 11 is 0. The van der Waals surface area contributed by atoms with Gasteiger partial charge in [0.15, 0.2) is 0 Å². The average Bonchev–Trinajstić information content (AvgIpc) is 3.20. The normalized spacial score (nSPS) is 15.3. The Morgan fingerprint density at radius 1 is 0.968 bits per heavy atom. The molecule has 1 aromatic heterocycles. The summed E-state index contributed by atoms with van der Waals surface area (Å²) in [6.07, 6.45) is 3.10. The third kappa shape index (κ3) is 3.62. The first-order valence-corrected chi connectivity index (χ1v) is 9.33. The van der Waals surface area contributed by atoms with Gasteiger partial charge in [-0.25, -0.2) is 9.69 Å². The SMILES string of the molecule is Cc1ccccc1N1C(=O)NC(=O)/C(=C\c2cccn2-c2ccc(C(=O)[O-])cc2)C1=O. The minimum absolute atomic E-state index is 0.0324. The zero-order valence-corrected chi connectivity index (χ0v) is 16.4. The second-order valence-corrected chi connectivity index (χ2v) is 6.88. The fourth-order valence-electron chi connectivity index (χ4n) is 3.34. The summed E-state index contributed by atoms with van der Waals surface area (Å²) in [4.78, 5) is 49.8. The second-order valence-electron chi connectivity index (χ2n) is 6.88. The monoisotopic (exact) mass is 414 g/mol. The van der Waals surface area contributed by atoms with Crippen LogP contribution < -0.4 is 15.3 Å². The Bertz CT molecular complexity index is 1250. The molecule has 8 heteroatoms. The van der Waals surface area contributed by atoms with Crippen LogP contribution in [0.3, 0.4) is 0 Å². The molecule has 1 aliphatic rings. The van der Waals surface area contributed by atoms with Crippen molar-refractivity contribution < 1.29 is 24.3 Å².